The molecule has 13 nitrogen and oxygen atoms in total. The summed E-state index contributed by atoms with van der Waals surface area (Å²) >= 11 is 0. The molecule has 0 saturated carbocycles. The number of hydrogen-bond acceptors (Lipinski definition) is 10. The highest BCUT2D eigenvalue weighted by atomic mass is 16.5. The Bertz CT molecular complexity index is 1540. The molecule has 0 bridgehead atoms. The first-order valence-corrected chi connectivity index (χ1v) is 14.5. The number of anilines is 2. The van der Waals surface area contributed by atoms with Gasteiger partial charge >= 0.3 is 0 Å². The quantitative estimate of drug-likeness (QED) is 0.198. The van der Waals surface area contributed by atoms with Crippen LogP contribution in [0.2, 0.25) is 0 Å². The normalized spacial score (nSPS) is 13.6. The topological polar surface area (TPSA) is 166 Å². The smallest absolute Gasteiger partial charge is 0.248 e. The summed E-state index contributed by atoms with van der Waals surface area (Å²) in [5.41, 5.74) is 3.48. The maximum absolute atomic E-state index is 13.4. The predicted octanol–water partition coefficient (Wildman–Crippen LogP) is 3.74. The van der Waals surface area contributed by atoms with E-state index < -0.39 is 0 Å². The zero-order valence-electron chi connectivity index (χ0n) is 25.8. The van der Waals surface area contributed by atoms with E-state index in [9.17, 15) is 14.4 Å². The SMILES string of the molecule is COCc1nc(NC(=O)CCCCCNc2ccc3c(cc2=O)C(NC(C)=O)CCc2cc(OC)c(OC)c(OC)c2-3)n[nH]1. The number of amides is 2. The van der Waals surface area contributed by atoms with Gasteiger partial charge in [-0.05, 0) is 60.6 Å². The molecule has 2 aromatic carbocycles. The van der Waals surface area contributed by atoms with Crippen molar-refractivity contribution in [1.29, 1.82) is 0 Å². The third-order valence-electron chi connectivity index (χ3n) is 7.38. The minimum atomic E-state index is -0.376. The van der Waals surface area contributed by atoms with Crippen molar-refractivity contribution in [3.05, 3.63) is 51.4 Å². The Morgan fingerprint density at radius 2 is 1.82 bits per heavy atom. The van der Waals surface area contributed by atoms with Crippen molar-refractivity contribution >= 4 is 23.5 Å². The summed E-state index contributed by atoms with van der Waals surface area (Å²) in [6.07, 6.45) is 3.75. The molecule has 13 heteroatoms. The van der Waals surface area contributed by atoms with Crippen LogP contribution in [0.25, 0.3) is 11.1 Å². The number of methoxy groups -OCH3 is 4. The van der Waals surface area contributed by atoms with Gasteiger partial charge < -0.3 is 29.6 Å². The third kappa shape index (κ3) is 7.64. The van der Waals surface area contributed by atoms with Crippen molar-refractivity contribution in [2.24, 2.45) is 0 Å². The first kappa shape index (κ1) is 32.3. The summed E-state index contributed by atoms with van der Waals surface area (Å²) in [5, 5.41) is 15.6. The maximum atomic E-state index is 13.4. The Labute approximate surface area is 256 Å². The Kier molecular flexibility index (Phi) is 11.1. The van der Waals surface area contributed by atoms with Crippen molar-refractivity contribution in [2.75, 3.05) is 45.6 Å². The minimum Gasteiger partial charge on any atom is -0.493 e. The van der Waals surface area contributed by atoms with Gasteiger partial charge in [-0.2, -0.15) is 4.98 Å². The molecule has 4 N–H and O–H groups in total. The van der Waals surface area contributed by atoms with E-state index in [-0.39, 0.29) is 35.8 Å². The summed E-state index contributed by atoms with van der Waals surface area (Å²) in [5.74, 6) is 1.90. The fourth-order valence-corrected chi connectivity index (χ4v) is 5.40. The number of aryl methyl sites for hydroxylation is 1. The summed E-state index contributed by atoms with van der Waals surface area (Å²) in [6, 6.07) is 6.79. The van der Waals surface area contributed by atoms with Crippen LogP contribution in [0, 0.1) is 0 Å². The Balaban J connectivity index is 1.48. The van der Waals surface area contributed by atoms with Gasteiger partial charge in [-0.1, -0.05) is 12.5 Å². The van der Waals surface area contributed by atoms with Crippen molar-refractivity contribution in [3.63, 3.8) is 0 Å². The zero-order chi connectivity index (χ0) is 31.6. The highest BCUT2D eigenvalue weighted by Crippen LogP contribution is 2.50. The molecule has 1 aliphatic carbocycles. The molecule has 0 spiro atoms. The Morgan fingerprint density at radius 1 is 1.02 bits per heavy atom. The molecule has 2 amide bonds. The Morgan fingerprint density at radius 3 is 2.52 bits per heavy atom. The minimum absolute atomic E-state index is 0.168. The van der Waals surface area contributed by atoms with Crippen LogP contribution in [0.5, 0.6) is 17.2 Å². The number of rotatable bonds is 14. The number of unbranched alkanes of at least 4 members (excludes halogenated alkanes) is 2. The molecule has 1 aromatic heterocycles. The molecule has 0 fully saturated rings. The van der Waals surface area contributed by atoms with Gasteiger partial charge in [0.25, 0.3) is 0 Å². The maximum Gasteiger partial charge on any atom is 0.248 e. The predicted molar refractivity (Wildman–Crippen MR) is 165 cm³/mol. The Hall–Kier alpha value is -4.65. The summed E-state index contributed by atoms with van der Waals surface area (Å²) in [6.45, 7) is 2.30. The van der Waals surface area contributed by atoms with E-state index in [1.54, 1.807) is 40.6 Å². The van der Waals surface area contributed by atoms with E-state index in [1.165, 1.54) is 6.92 Å². The molecular weight excluding hydrogens is 568 g/mol. The number of carbonyl (C=O) groups is 2. The highest BCUT2D eigenvalue weighted by Gasteiger charge is 2.29. The third-order valence-corrected chi connectivity index (χ3v) is 7.38. The number of nitrogens with zero attached hydrogens (tertiary/aromatic N) is 2. The number of benzene rings is 1. The van der Waals surface area contributed by atoms with Crippen molar-refractivity contribution in [3.8, 4) is 28.4 Å². The van der Waals surface area contributed by atoms with Gasteiger partial charge in [0.15, 0.2) is 17.3 Å². The lowest BCUT2D eigenvalue weighted by atomic mass is 9.95. The zero-order valence-corrected chi connectivity index (χ0v) is 25.8. The number of fused-ring (bicyclic) bond motifs is 3. The number of aromatic amines is 1. The molecule has 44 heavy (non-hydrogen) atoms. The fraction of sp³-hybridized carbons (Fsp3) is 0.452. The van der Waals surface area contributed by atoms with Crippen LogP contribution < -0.4 is 35.6 Å². The van der Waals surface area contributed by atoms with E-state index in [4.69, 9.17) is 18.9 Å². The lowest BCUT2D eigenvalue weighted by molar-refractivity contribution is -0.119. The van der Waals surface area contributed by atoms with E-state index in [1.807, 2.05) is 12.1 Å². The van der Waals surface area contributed by atoms with Gasteiger partial charge in [-0.15, -0.1) is 5.10 Å². The van der Waals surface area contributed by atoms with Crippen molar-refractivity contribution in [2.45, 2.75) is 58.1 Å². The molecule has 1 unspecified atom stereocenters. The van der Waals surface area contributed by atoms with Gasteiger partial charge in [0.05, 0.1) is 33.1 Å². The first-order valence-electron chi connectivity index (χ1n) is 14.5. The van der Waals surface area contributed by atoms with Crippen LogP contribution in [0.15, 0.2) is 29.1 Å². The van der Waals surface area contributed by atoms with Gasteiger partial charge in [0, 0.05) is 32.6 Å². The molecule has 3 aromatic rings. The van der Waals surface area contributed by atoms with Crippen LogP contribution >= 0.6 is 0 Å². The van der Waals surface area contributed by atoms with E-state index >= 15 is 0 Å². The summed E-state index contributed by atoms with van der Waals surface area (Å²) in [4.78, 5) is 41.9. The van der Waals surface area contributed by atoms with Crippen LogP contribution in [-0.2, 0) is 27.4 Å². The lowest BCUT2D eigenvalue weighted by Gasteiger charge is -2.19. The van der Waals surface area contributed by atoms with E-state index in [2.05, 4.69) is 31.1 Å². The molecule has 1 atom stereocenters. The molecule has 0 saturated heterocycles. The molecule has 1 aliphatic rings. The molecule has 236 valence electrons. The second kappa shape index (κ2) is 15.2. The van der Waals surface area contributed by atoms with Crippen molar-refractivity contribution in [1.82, 2.24) is 20.5 Å². The van der Waals surface area contributed by atoms with Crippen LogP contribution in [0.1, 0.15) is 62.0 Å². The summed E-state index contributed by atoms with van der Waals surface area (Å²) < 4.78 is 22.0. The number of carbonyl (C=O) groups excluding carboxylic acids is 2. The highest BCUT2D eigenvalue weighted by molar-refractivity contribution is 5.88. The number of H-pyrrole nitrogens is 1. The molecular formula is C31H40N6O7. The van der Waals surface area contributed by atoms with E-state index in [0.29, 0.717) is 66.6 Å². The number of nitrogens with one attached hydrogen (secondary N) is 4. The van der Waals surface area contributed by atoms with Gasteiger partial charge in [-0.3, -0.25) is 24.8 Å². The largest absolute Gasteiger partial charge is 0.493 e. The average molecular weight is 609 g/mol. The molecule has 0 aliphatic heterocycles. The number of hydrogen-bond donors (Lipinski definition) is 4. The molecule has 0 radical (unpaired) electrons. The van der Waals surface area contributed by atoms with Gasteiger partial charge in [0.2, 0.25) is 28.9 Å². The van der Waals surface area contributed by atoms with Crippen LogP contribution in [-0.4, -0.2) is 62.0 Å². The van der Waals surface area contributed by atoms with Gasteiger partial charge in [-0.25, -0.2) is 0 Å². The van der Waals surface area contributed by atoms with Crippen molar-refractivity contribution < 1.29 is 28.5 Å². The second-order valence-corrected chi connectivity index (χ2v) is 10.4. The van der Waals surface area contributed by atoms with Crippen LogP contribution in [0.3, 0.4) is 0 Å². The number of ether oxygens (including phenoxy) is 4. The first-order chi connectivity index (χ1) is 21.3. The average Bonchev–Trinajstić information content (AvgIpc) is 3.30. The molecule has 1 heterocycles. The van der Waals surface area contributed by atoms with Gasteiger partial charge in [0.1, 0.15) is 6.61 Å². The molecule has 4 rings (SSSR count). The monoisotopic (exact) mass is 608 g/mol. The van der Waals surface area contributed by atoms with E-state index in [0.717, 1.165) is 29.5 Å². The number of aromatic nitrogens is 3. The van der Waals surface area contributed by atoms with Crippen LogP contribution in [0.4, 0.5) is 11.6 Å². The standard InChI is InChI=1S/C31H40N6O7/c1-18(38)33-22-12-10-19-15-25(42-3)29(43-4)30(44-5)28(19)20-11-13-23(24(39)16-21(20)22)32-14-8-6-7-9-27(40)35-31-34-26(17-41-2)36-37-31/h11,13,15-16,22H,6-10,12,14,17H2,1-5H3,(H,32,39)(H,33,38)(H2,34,35,36,37,40). The summed E-state index contributed by atoms with van der Waals surface area (Å²) in [7, 11) is 6.24. The second-order valence-electron chi connectivity index (χ2n) is 10.4. The lowest BCUT2D eigenvalue weighted by Crippen LogP contribution is -2.26. The fourth-order valence-electron chi connectivity index (χ4n) is 5.40.